The number of carbonyl (C=O) groups excluding carboxylic acids is 2. The Hall–Kier alpha value is -5.49. The SMILES string of the molecule is NC(=O)N(CCc1ccc(OP(=O)([O-])O)cc1)C(=O)CSc1c(F)c(F)c(C(=O)O)c(-c2c3cc(F)c(=O)cc-3oc3cc(O)c(F)cc23)c1F. The average Bonchev–Trinajstić information content (AvgIpc) is 3.03. The number of benzene rings is 4. The molecule has 3 aromatic rings. The Morgan fingerprint density at radius 2 is 1.63 bits per heavy atom. The molecular weight excluding hydrogens is 734 g/mol. The number of halogens is 5. The minimum absolute atomic E-state index is 0.0180. The summed E-state index contributed by atoms with van der Waals surface area (Å²) in [4.78, 5) is 68.3. The summed E-state index contributed by atoms with van der Waals surface area (Å²) in [5.74, 6) is -15.1. The van der Waals surface area contributed by atoms with Crippen molar-refractivity contribution in [2.24, 2.45) is 5.73 Å². The first-order valence-corrected chi connectivity index (χ1v) is 16.4. The van der Waals surface area contributed by atoms with Crippen LogP contribution in [0.15, 0.2) is 62.6 Å². The van der Waals surface area contributed by atoms with Gasteiger partial charge in [-0.3, -0.25) is 19.1 Å². The fourth-order valence-electron chi connectivity index (χ4n) is 5.03. The van der Waals surface area contributed by atoms with Gasteiger partial charge in [-0.15, -0.1) is 11.8 Å². The zero-order valence-corrected chi connectivity index (χ0v) is 26.8. The molecule has 51 heavy (non-hydrogen) atoms. The predicted octanol–water partition coefficient (Wildman–Crippen LogP) is 4.75. The van der Waals surface area contributed by atoms with E-state index in [1.54, 1.807) is 0 Å². The van der Waals surface area contributed by atoms with Crippen LogP contribution in [0.2, 0.25) is 0 Å². The van der Waals surface area contributed by atoms with E-state index in [0.717, 1.165) is 12.1 Å². The fraction of sp³-hybridized carbons (Fsp3) is 0.0968. The molecule has 1 heterocycles. The van der Waals surface area contributed by atoms with Gasteiger partial charge in [-0.2, -0.15) is 0 Å². The van der Waals surface area contributed by atoms with Gasteiger partial charge in [0, 0.05) is 40.8 Å². The lowest BCUT2D eigenvalue weighted by Crippen LogP contribution is -2.43. The average molecular weight is 754 g/mol. The molecule has 266 valence electrons. The normalized spacial score (nSPS) is 12.5. The van der Waals surface area contributed by atoms with E-state index >= 15 is 13.2 Å². The zero-order valence-electron chi connectivity index (χ0n) is 25.1. The van der Waals surface area contributed by atoms with Gasteiger partial charge in [-0.25, -0.2) is 31.5 Å². The zero-order chi connectivity index (χ0) is 37.5. The van der Waals surface area contributed by atoms with Crippen LogP contribution in [-0.2, 0) is 15.8 Å². The second kappa shape index (κ2) is 14.0. The van der Waals surface area contributed by atoms with Crippen LogP contribution in [-0.4, -0.2) is 50.2 Å². The maximum absolute atomic E-state index is 16.5. The number of urea groups is 1. The van der Waals surface area contributed by atoms with Crippen LogP contribution in [0, 0.1) is 29.1 Å². The second-order valence-electron chi connectivity index (χ2n) is 10.5. The van der Waals surface area contributed by atoms with Gasteiger partial charge in [-0.1, -0.05) is 12.1 Å². The third kappa shape index (κ3) is 7.51. The van der Waals surface area contributed by atoms with E-state index < -0.39 is 122 Å². The number of imide groups is 1. The number of nitrogens with two attached hydrogens (primary N) is 1. The van der Waals surface area contributed by atoms with Gasteiger partial charge in [0.2, 0.25) is 11.3 Å². The summed E-state index contributed by atoms with van der Waals surface area (Å²) in [6.07, 6.45) is -0.0877. The molecular formula is C31H19F5N2O11PS-. The third-order valence-corrected chi connectivity index (χ3v) is 8.74. The number of phosphoric acid groups is 1. The molecule has 0 aromatic heterocycles. The maximum Gasteiger partial charge on any atom is 0.339 e. The highest BCUT2D eigenvalue weighted by Gasteiger charge is 2.34. The van der Waals surface area contributed by atoms with Crippen molar-refractivity contribution >= 4 is 48.5 Å². The molecule has 0 saturated heterocycles. The van der Waals surface area contributed by atoms with Crippen molar-refractivity contribution in [3.8, 4) is 33.9 Å². The monoisotopic (exact) mass is 753 g/mol. The molecule has 13 nitrogen and oxygen atoms in total. The smallest absolute Gasteiger partial charge is 0.339 e. The Morgan fingerprint density at radius 3 is 2.24 bits per heavy atom. The standard InChI is InChI=1S/C31H20F5N2O11PS/c32-16-7-14-20(9-18(16)39)48-21-10-19(40)17(33)8-15(21)23(14)24-25(30(42)43)26(34)28(36)29(27(24)35)51-11-22(41)38(31(37)44)6-5-12-1-3-13(4-2-12)49-50(45,46)47/h1-4,7-10,39H,5-6,11H2,(H2,37,44)(H,42,43)(H2,45,46,47)/p-1. The summed E-state index contributed by atoms with van der Waals surface area (Å²) in [6.45, 7) is -0.422. The fourth-order valence-corrected chi connectivity index (χ4v) is 6.29. The van der Waals surface area contributed by atoms with E-state index in [2.05, 4.69) is 4.52 Å². The molecule has 0 fully saturated rings. The number of hydrogen-bond acceptors (Lipinski definition) is 10. The van der Waals surface area contributed by atoms with E-state index in [9.17, 15) is 47.6 Å². The van der Waals surface area contributed by atoms with Gasteiger partial charge < -0.3 is 34.7 Å². The summed E-state index contributed by atoms with van der Waals surface area (Å²) in [7, 11) is -5.09. The molecule has 1 aliphatic heterocycles. The van der Waals surface area contributed by atoms with E-state index in [1.807, 2.05) is 0 Å². The molecule has 0 radical (unpaired) electrons. The molecule has 3 aromatic carbocycles. The number of phenols is 1. The quantitative estimate of drug-likeness (QED) is 0.0499. The molecule has 2 aliphatic rings. The molecule has 1 atom stereocenters. The Kier molecular flexibility index (Phi) is 10.1. The Balaban J connectivity index is 1.55. The minimum Gasteiger partial charge on any atom is -0.746 e. The number of phenolic OH excluding ortho intramolecular Hbond substituents is 1. The van der Waals surface area contributed by atoms with E-state index in [-0.39, 0.29) is 23.9 Å². The molecule has 5 N–H and O–H groups in total. The van der Waals surface area contributed by atoms with Gasteiger partial charge >= 0.3 is 19.8 Å². The summed E-state index contributed by atoms with van der Waals surface area (Å²) >= 11 is -0.0180. The second-order valence-corrected chi connectivity index (χ2v) is 12.6. The summed E-state index contributed by atoms with van der Waals surface area (Å²) in [5.41, 5.74) is -0.302. The Labute approximate surface area is 285 Å². The van der Waals surface area contributed by atoms with Gasteiger partial charge in [0.1, 0.15) is 28.5 Å². The van der Waals surface area contributed by atoms with E-state index in [0.29, 0.717) is 34.7 Å². The summed E-state index contributed by atoms with van der Waals surface area (Å²) in [5, 5.41) is 19.2. The number of carbonyl (C=O) groups is 3. The number of carboxylic acids is 1. The van der Waals surface area contributed by atoms with Crippen LogP contribution < -0.4 is 20.6 Å². The van der Waals surface area contributed by atoms with Crippen LogP contribution in [0.5, 0.6) is 11.5 Å². The summed E-state index contributed by atoms with van der Waals surface area (Å²) < 4.78 is 97.1. The molecule has 0 saturated carbocycles. The third-order valence-electron chi connectivity index (χ3n) is 7.26. The topological polar surface area (TPSA) is 221 Å². The molecule has 1 unspecified atom stereocenters. The first-order chi connectivity index (χ1) is 23.9. The first kappa shape index (κ1) is 36.8. The number of aromatic carboxylic acids is 1. The number of rotatable bonds is 10. The van der Waals surface area contributed by atoms with Gasteiger partial charge in [-0.05, 0) is 36.2 Å². The number of aromatic hydroxyl groups is 1. The van der Waals surface area contributed by atoms with Crippen LogP contribution in [0.4, 0.5) is 26.7 Å². The predicted molar refractivity (Wildman–Crippen MR) is 166 cm³/mol. The lowest BCUT2D eigenvalue weighted by Gasteiger charge is -2.21. The van der Waals surface area contributed by atoms with Crippen molar-refractivity contribution in [2.45, 2.75) is 11.3 Å². The van der Waals surface area contributed by atoms with Crippen molar-refractivity contribution in [1.82, 2.24) is 4.90 Å². The van der Waals surface area contributed by atoms with Crippen molar-refractivity contribution in [3.05, 3.63) is 99.0 Å². The number of fused-ring (bicyclic) bond motifs is 2. The van der Waals surface area contributed by atoms with Crippen LogP contribution in [0.25, 0.3) is 33.4 Å². The highest BCUT2D eigenvalue weighted by Crippen LogP contribution is 2.46. The lowest BCUT2D eigenvalue weighted by atomic mass is 9.89. The number of nitrogens with zero attached hydrogens (tertiary/aromatic N) is 1. The van der Waals surface area contributed by atoms with Gasteiger partial charge in [0.25, 0.3) is 0 Å². The molecule has 1 aliphatic carbocycles. The largest absolute Gasteiger partial charge is 0.746 e. The molecule has 5 rings (SSSR count). The number of phosphoric ester groups is 1. The maximum atomic E-state index is 16.5. The van der Waals surface area contributed by atoms with Crippen molar-refractivity contribution in [2.75, 3.05) is 12.3 Å². The molecule has 0 spiro atoms. The lowest BCUT2D eigenvalue weighted by molar-refractivity contribution is -0.211. The van der Waals surface area contributed by atoms with Crippen LogP contribution >= 0.6 is 19.6 Å². The highest BCUT2D eigenvalue weighted by atomic mass is 32.2. The van der Waals surface area contributed by atoms with Crippen molar-refractivity contribution in [1.29, 1.82) is 0 Å². The Morgan fingerprint density at radius 1 is 0.961 bits per heavy atom. The number of hydrogen-bond donors (Lipinski definition) is 4. The summed E-state index contributed by atoms with van der Waals surface area (Å²) in [6, 6.07) is 5.87. The minimum atomic E-state index is -5.09. The Bertz CT molecular complexity index is 2330. The molecule has 0 bridgehead atoms. The number of primary amides is 1. The van der Waals surface area contributed by atoms with Crippen LogP contribution in [0.1, 0.15) is 15.9 Å². The number of amides is 3. The van der Waals surface area contributed by atoms with Crippen molar-refractivity contribution < 1.29 is 69.8 Å². The van der Waals surface area contributed by atoms with E-state index in [4.69, 9.17) is 15.0 Å². The number of thioether (sulfide) groups is 1. The highest BCUT2D eigenvalue weighted by molar-refractivity contribution is 8.00. The number of carboxylic acid groups (broad SMARTS) is 1. The van der Waals surface area contributed by atoms with Crippen molar-refractivity contribution in [3.63, 3.8) is 0 Å². The molecule has 20 heteroatoms. The van der Waals surface area contributed by atoms with Gasteiger partial charge in [0.15, 0.2) is 29.0 Å². The first-order valence-electron chi connectivity index (χ1n) is 14.0. The van der Waals surface area contributed by atoms with E-state index in [1.165, 1.54) is 12.1 Å². The van der Waals surface area contributed by atoms with Crippen LogP contribution in [0.3, 0.4) is 0 Å². The van der Waals surface area contributed by atoms with Gasteiger partial charge in [0.05, 0.1) is 10.6 Å². The molecule has 3 amide bonds.